The molecule has 2 heterocycles. The molecule has 0 aromatic carbocycles. The second-order valence-corrected chi connectivity index (χ2v) is 3.56. The van der Waals surface area contributed by atoms with Crippen LogP contribution in [-0.2, 0) is 4.74 Å². The van der Waals surface area contributed by atoms with Gasteiger partial charge in [-0.3, -0.25) is 0 Å². The number of nitrogens with two attached hydrogens (primary N) is 1. The summed E-state index contributed by atoms with van der Waals surface area (Å²) in [6.07, 6.45) is 3.22. The van der Waals surface area contributed by atoms with Crippen molar-refractivity contribution in [3.05, 3.63) is 0 Å². The van der Waals surface area contributed by atoms with Crippen LogP contribution in [0.25, 0.3) is 0 Å². The fourth-order valence-corrected chi connectivity index (χ4v) is 2.12. The topological polar surface area (TPSA) is 47.3 Å². The lowest BCUT2D eigenvalue weighted by Crippen LogP contribution is -2.51. The monoisotopic (exact) mass is 156 g/mol. The molecule has 1 atom stereocenters. The zero-order valence-electron chi connectivity index (χ0n) is 6.81. The summed E-state index contributed by atoms with van der Waals surface area (Å²) in [5.74, 6) is 0. The zero-order valence-corrected chi connectivity index (χ0v) is 6.81. The van der Waals surface area contributed by atoms with Gasteiger partial charge in [-0.2, -0.15) is 0 Å². The van der Waals surface area contributed by atoms with Gasteiger partial charge in [0.1, 0.15) is 0 Å². The van der Waals surface area contributed by atoms with Crippen molar-refractivity contribution in [2.45, 2.75) is 30.9 Å². The fourth-order valence-electron chi connectivity index (χ4n) is 2.12. The summed E-state index contributed by atoms with van der Waals surface area (Å²) >= 11 is 0. The number of ether oxygens (including phenoxy) is 1. The molecule has 3 heteroatoms. The molecular weight excluding hydrogens is 140 g/mol. The Morgan fingerprint density at radius 3 is 2.64 bits per heavy atom. The third kappa shape index (κ3) is 1.17. The molecule has 0 aliphatic carbocycles. The predicted octanol–water partition coefficient (Wildman–Crippen LogP) is -0.144. The third-order valence-electron chi connectivity index (χ3n) is 2.94. The van der Waals surface area contributed by atoms with Crippen molar-refractivity contribution in [2.24, 2.45) is 5.73 Å². The highest BCUT2D eigenvalue weighted by molar-refractivity contribution is 4.98. The highest BCUT2D eigenvalue weighted by Gasteiger charge is 2.42. The van der Waals surface area contributed by atoms with E-state index < -0.39 is 0 Å². The molecule has 0 bridgehead atoms. The summed E-state index contributed by atoms with van der Waals surface area (Å²) in [4.78, 5) is 0. The van der Waals surface area contributed by atoms with Crippen molar-refractivity contribution in [3.63, 3.8) is 0 Å². The molecule has 2 saturated heterocycles. The van der Waals surface area contributed by atoms with Crippen molar-refractivity contribution >= 4 is 0 Å². The molecule has 0 unspecified atom stereocenters. The number of rotatable bonds is 0. The van der Waals surface area contributed by atoms with Gasteiger partial charge in [0.2, 0.25) is 0 Å². The van der Waals surface area contributed by atoms with Crippen LogP contribution >= 0.6 is 0 Å². The Labute approximate surface area is 67.3 Å². The van der Waals surface area contributed by atoms with E-state index in [1.165, 1.54) is 0 Å². The first-order valence-corrected chi connectivity index (χ1v) is 4.44. The average Bonchev–Trinajstić information content (AvgIpc) is 2.36. The lowest BCUT2D eigenvalue weighted by atomic mass is 9.86. The van der Waals surface area contributed by atoms with Crippen LogP contribution in [0.15, 0.2) is 0 Å². The molecule has 2 rings (SSSR count). The number of nitrogens with one attached hydrogen (secondary N) is 1. The summed E-state index contributed by atoms with van der Waals surface area (Å²) in [6.45, 7) is 2.99. The fraction of sp³-hybridized carbons (Fsp3) is 1.00. The Balaban J connectivity index is 2.06. The van der Waals surface area contributed by atoms with E-state index in [0.29, 0.717) is 0 Å². The van der Waals surface area contributed by atoms with Gasteiger partial charge in [0, 0.05) is 12.6 Å². The second kappa shape index (κ2) is 2.73. The van der Waals surface area contributed by atoms with E-state index in [1.807, 2.05) is 0 Å². The molecule has 0 radical (unpaired) electrons. The SMILES string of the molecule is N[C@@H]1CCOC12CCNCC2. The van der Waals surface area contributed by atoms with Crippen LogP contribution in [-0.4, -0.2) is 31.3 Å². The maximum absolute atomic E-state index is 5.99. The summed E-state index contributed by atoms with van der Waals surface area (Å²) in [5.41, 5.74) is 6.04. The van der Waals surface area contributed by atoms with E-state index in [1.54, 1.807) is 0 Å². The Hall–Kier alpha value is -0.120. The molecule has 0 aromatic heterocycles. The van der Waals surface area contributed by atoms with E-state index in [0.717, 1.165) is 39.0 Å². The van der Waals surface area contributed by atoms with Crippen molar-refractivity contribution < 1.29 is 4.74 Å². The molecule has 0 saturated carbocycles. The Bertz CT molecular complexity index is 143. The lowest BCUT2D eigenvalue weighted by molar-refractivity contribution is -0.0273. The molecule has 0 amide bonds. The molecule has 3 N–H and O–H groups in total. The normalized spacial score (nSPS) is 36.3. The van der Waals surface area contributed by atoms with Crippen LogP contribution in [0.4, 0.5) is 0 Å². The van der Waals surface area contributed by atoms with Crippen molar-refractivity contribution in [3.8, 4) is 0 Å². The minimum absolute atomic E-state index is 0.0469. The van der Waals surface area contributed by atoms with E-state index >= 15 is 0 Å². The first-order valence-electron chi connectivity index (χ1n) is 4.44. The molecule has 2 aliphatic rings. The molecule has 2 aliphatic heterocycles. The molecule has 3 nitrogen and oxygen atoms in total. The zero-order chi connectivity index (χ0) is 7.73. The minimum Gasteiger partial charge on any atom is -0.373 e. The van der Waals surface area contributed by atoms with Gasteiger partial charge in [0.15, 0.2) is 0 Å². The van der Waals surface area contributed by atoms with Crippen molar-refractivity contribution in [1.82, 2.24) is 5.32 Å². The van der Waals surface area contributed by atoms with Gasteiger partial charge >= 0.3 is 0 Å². The summed E-state index contributed by atoms with van der Waals surface area (Å²) in [6, 6.07) is 0.282. The van der Waals surface area contributed by atoms with E-state index in [2.05, 4.69) is 5.32 Å². The Kier molecular flexibility index (Phi) is 1.87. The molecule has 11 heavy (non-hydrogen) atoms. The first kappa shape index (κ1) is 7.53. The summed E-state index contributed by atoms with van der Waals surface area (Å²) < 4.78 is 5.73. The van der Waals surface area contributed by atoms with Gasteiger partial charge < -0.3 is 15.8 Å². The smallest absolute Gasteiger partial charge is 0.0857 e. The average molecular weight is 156 g/mol. The Morgan fingerprint density at radius 2 is 2.09 bits per heavy atom. The molecular formula is C8H16N2O. The Morgan fingerprint density at radius 1 is 1.36 bits per heavy atom. The molecule has 64 valence electrons. The van der Waals surface area contributed by atoms with Crippen LogP contribution in [0.3, 0.4) is 0 Å². The van der Waals surface area contributed by atoms with Crippen LogP contribution in [0.5, 0.6) is 0 Å². The summed E-state index contributed by atoms with van der Waals surface area (Å²) in [5, 5.41) is 3.32. The van der Waals surface area contributed by atoms with E-state index in [-0.39, 0.29) is 11.6 Å². The van der Waals surface area contributed by atoms with Gasteiger partial charge in [-0.25, -0.2) is 0 Å². The highest BCUT2D eigenvalue weighted by Crippen LogP contribution is 2.32. The molecule has 2 fully saturated rings. The largest absolute Gasteiger partial charge is 0.373 e. The van der Waals surface area contributed by atoms with Gasteiger partial charge in [-0.15, -0.1) is 0 Å². The number of piperidine rings is 1. The highest BCUT2D eigenvalue weighted by atomic mass is 16.5. The number of hydrogen-bond acceptors (Lipinski definition) is 3. The van der Waals surface area contributed by atoms with Gasteiger partial charge in [0.25, 0.3) is 0 Å². The molecule has 1 spiro atoms. The van der Waals surface area contributed by atoms with Crippen LogP contribution in [0, 0.1) is 0 Å². The van der Waals surface area contributed by atoms with Crippen LogP contribution in [0.2, 0.25) is 0 Å². The molecule has 0 aromatic rings. The maximum atomic E-state index is 5.99. The summed E-state index contributed by atoms with van der Waals surface area (Å²) in [7, 11) is 0. The van der Waals surface area contributed by atoms with Crippen LogP contribution in [0.1, 0.15) is 19.3 Å². The van der Waals surface area contributed by atoms with Crippen molar-refractivity contribution in [1.29, 1.82) is 0 Å². The third-order valence-corrected chi connectivity index (χ3v) is 2.94. The quantitative estimate of drug-likeness (QED) is 0.513. The maximum Gasteiger partial charge on any atom is 0.0857 e. The van der Waals surface area contributed by atoms with E-state index in [4.69, 9.17) is 10.5 Å². The van der Waals surface area contributed by atoms with Gasteiger partial charge in [0.05, 0.1) is 5.60 Å². The van der Waals surface area contributed by atoms with Crippen molar-refractivity contribution in [2.75, 3.05) is 19.7 Å². The van der Waals surface area contributed by atoms with Crippen LogP contribution < -0.4 is 11.1 Å². The van der Waals surface area contributed by atoms with Gasteiger partial charge in [-0.1, -0.05) is 0 Å². The second-order valence-electron chi connectivity index (χ2n) is 3.56. The minimum atomic E-state index is 0.0469. The predicted molar refractivity (Wildman–Crippen MR) is 43.4 cm³/mol. The standard InChI is InChI=1S/C8H16N2O/c9-7-1-6-11-8(7)2-4-10-5-3-8/h7,10H,1-6,9H2/t7-/m1/s1. The van der Waals surface area contributed by atoms with Gasteiger partial charge in [-0.05, 0) is 32.4 Å². The number of hydrogen-bond donors (Lipinski definition) is 2. The van der Waals surface area contributed by atoms with E-state index in [9.17, 15) is 0 Å². The first-order chi connectivity index (χ1) is 5.33. The lowest BCUT2D eigenvalue weighted by Gasteiger charge is -2.36.